The van der Waals surface area contributed by atoms with Crippen LogP contribution >= 0.6 is 0 Å². The number of ketones is 1. The predicted molar refractivity (Wildman–Crippen MR) is 140 cm³/mol. The summed E-state index contributed by atoms with van der Waals surface area (Å²) >= 11 is 0. The van der Waals surface area contributed by atoms with Crippen molar-refractivity contribution < 1.29 is 29.7 Å². The molecule has 4 N–H and O–H groups in total. The molecule has 5 rings (SSSR count). The van der Waals surface area contributed by atoms with Gasteiger partial charge in [-0.2, -0.15) is 0 Å². The number of nitrogens with one attached hydrogen (secondary N) is 1. The van der Waals surface area contributed by atoms with Crippen molar-refractivity contribution in [3.63, 3.8) is 0 Å². The van der Waals surface area contributed by atoms with E-state index in [4.69, 9.17) is 4.84 Å². The number of hydrogen-bond donors (Lipinski definition) is 4. The molecule has 9 heteroatoms. The van der Waals surface area contributed by atoms with Gasteiger partial charge in [-0.1, -0.05) is 24.6 Å². The van der Waals surface area contributed by atoms with E-state index >= 15 is 0 Å². The Morgan fingerprint density at radius 3 is 2.68 bits per heavy atom. The Morgan fingerprint density at radius 1 is 1.18 bits per heavy atom. The summed E-state index contributed by atoms with van der Waals surface area (Å²) in [6.45, 7) is 3.73. The van der Waals surface area contributed by atoms with E-state index in [9.17, 15) is 24.9 Å². The summed E-state index contributed by atoms with van der Waals surface area (Å²) in [6.07, 6.45) is 9.44. The number of aromatic nitrogens is 1. The van der Waals surface area contributed by atoms with Gasteiger partial charge in [-0.3, -0.25) is 14.6 Å². The van der Waals surface area contributed by atoms with Crippen molar-refractivity contribution in [2.45, 2.75) is 77.0 Å². The van der Waals surface area contributed by atoms with Crippen LogP contribution in [-0.2, 0) is 21.0 Å². The number of hydrogen-bond acceptors (Lipinski definition) is 8. The molecule has 0 radical (unpaired) electrons. The van der Waals surface area contributed by atoms with Gasteiger partial charge in [0.2, 0.25) is 0 Å². The highest BCUT2D eigenvalue weighted by Crippen LogP contribution is 2.67. The fraction of sp³-hybridized carbons (Fsp3) is 0.655. The third-order valence-corrected chi connectivity index (χ3v) is 10.3. The summed E-state index contributed by atoms with van der Waals surface area (Å²) in [7, 11) is 0. The van der Waals surface area contributed by atoms with Gasteiger partial charge in [-0.25, -0.2) is 0 Å². The van der Waals surface area contributed by atoms with Gasteiger partial charge in [0.1, 0.15) is 12.2 Å². The lowest BCUT2D eigenvalue weighted by Crippen LogP contribution is -2.62. The lowest BCUT2D eigenvalue weighted by Gasteiger charge is -2.60. The Labute approximate surface area is 223 Å². The number of nitrogens with zero attached hydrogens (tertiary/aromatic N) is 2. The number of carbonyl (C=O) groups excluding carboxylic acids is 2. The first-order valence-corrected chi connectivity index (χ1v) is 13.7. The maximum atomic E-state index is 12.6. The number of fused-ring (bicyclic) bond motifs is 5. The van der Waals surface area contributed by atoms with E-state index in [1.54, 1.807) is 12.4 Å². The van der Waals surface area contributed by atoms with Crippen molar-refractivity contribution in [1.82, 2.24) is 10.3 Å². The summed E-state index contributed by atoms with van der Waals surface area (Å²) in [5.41, 5.74) is 0.487. The molecule has 0 aromatic carbocycles. The molecule has 4 aliphatic carbocycles. The molecule has 0 spiro atoms. The van der Waals surface area contributed by atoms with Crippen molar-refractivity contribution in [1.29, 1.82) is 0 Å². The molecule has 9 nitrogen and oxygen atoms in total. The van der Waals surface area contributed by atoms with E-state index in [0.29, 0.717) is 25.8 Å². The number of aliphatic hydroxyl groups is 3. The van der Waals surface area contributed by atoms with E-state index in [1.807, 2.05) is 19.1 Å². The Balaban J connectivity index is 1.25. The van der Waals surface area contributed by atoms with Gasteiger partial charge in [0, 0.05) is 24.4 Å². The first kappa shape index (κ1) is 27.0. The number of carbonyl (C=O) groups is 2. The van der Waals surface area contributed by atoms with E-state index in [1.165, 1.54) is 5.57 Å². The molecule has 0 unspecified atom stereocenters. The maximum Gasteiger partial charge on any atom is 0.261 e. The summed E-state index contributed by atoms with van der Waals surface area (Å²) in [5.74, 6) is -0.414. The predicted octanol–water partition coefficient (Wildman–Crippen LogP) is 2.30. The quantitative estimate of drug-likeness (QED) is 0.400. The lowest BCUT2D eigenvalue weighted by atomic mass is 9.45. The van der Waals surface area contributed by atoms with Crippen LogP contribution in [0, 0.1) is 28.6 Å². The number of pyridine rings is 1. The van der Waals surface area contributed by atoms with Crippen LogP contribution < -0.4 is 5.32 Å². The van der Waals surface area contributed by atoms with Crippen LogP contribution in [0.3, 0.4) is 0 Å². The molecule has 1 amide bonds. The molecule has 1 aromatic rings. The number of rotatable bonds is 7. The molecule has 0 bridgehead atoms. The van der Waals surface area contributed by atoms with Gasteiger partial charge in [-0.15, -0.1) is 0 Å². The van der Waals surface area contributed by atoms with E-state index in [0.717, 1.165) is 37.0 Å². The number of amides is 1. The maximum absolute atomic E-state index is 12.6. The number of aliphatic hydroxyl groups excluding tert-OH is 2. The second-order valence-electron chi connectivity index (χ2n) is 12.1. The minimum absolute atomic E-state index is 0.0357. The highest BCUT2D eigenvalue weighted by atomic mass is 16.6. The van der Waals surface area contributed by atoms with Gasteiger partial charge in [0.25, 0.3) is 5.91 Å². The molecule has 4 aliphatic rings. The minimum Gasteiger partial charge on any atom is -0.393 e. The molecule has 3 fully saturated rings. The van der Waals surface area contributed by atoms with Crippen molar-refractivity contribution >= 4 is 17.4 Å². The lowest BCUT2D eigenvalue weighted by molar-refractivity contribution is -0.181. The molecular formula is C29H39N3O6. The van der Waals surface area contributed by atoms with Crippen LogP contribution in [0.15, 0.2) is 41.3 Å². The van der Waals surface area contributed by atoms with Crippen LogP contribution in [0.2, 0.25) is 0 Å². The second kappa shape index (κ2) is 10.2. The first-order chi connectivity index (χ1) is 18.1. The van der Waals surface area contributed by atoms with Crippen molar-refractivity contribution in [3.05, 3.63) is 41.7 Å². The van der Waals surface area contributed by atoms with E-state index in [2.05, 4.69) is 28.5 Å². The third kappa shape index (κ3) is 4.38. The van der Waals surface area contributed by atoms with Gasteiger partial charge >= 0.3 is 0 Å². The zero-order valence-electron chi connectivity index (χ0n) is 22.2. The molecule has 7 atom stereocenters. The molecular weight excluding hydrogens is 486 g/mol. The average molecular weight is 526 g/mol. The SMILES string of the molecule is C[C@]12CCC(=NOCC(=O)NCc3ccncc3)C=C1CC[C@H]1[C@@H]2[C@H](O)C[C@]2(C)[C@@H]1CC[C@]2(O)C(=O)CO. The Bertz CT molecular complexity index is 1140. The average Bonchev–Trinajstić information content (AvgIpc) is 3.18. The summed E-state index contributed by atoms with van der Waals surface area (Å²) in [6, 6.07) is 3.68. The molecule has 1 heterocycles. The van der Waals surface area contributed by atoms with E-state index in [-0.39, 0.29) is 35.7 Å². The fourth-order valence-electron chi connectivity index (χ4n) is 8.29. The monoisotopic (exact) mass is 525 g/mol. The number of allylic oxidation sites excluding steroid dienone is 2. The first-order valence-electron chi connectivity index (χ1n) is 13.7. The Kier molecular flexibility index (Phi) is 7.22. The highest BCUT2D eigenvalue weighted by molar-refractivity contribution is 5.96. The largest absolute Gasteiger partial charge is 0.393 e. The topological polar surface area (TPSA) is 141 Å². The molecule has 38 heavy (non-hydrogen) atoms. The van der Waals surface area contributed by atoms with Crippen molar-refractivity contribution in [2.75, 3.05) is 13.2 Å². The zero-order valence-corrected chi connectivity index (χ0v) is 22.2. The van der Waals surface area contributed by atoms with Crippen molar-refractivity contribution in [3.8, 4) is 0 Å². The third-order valence-electron chi connectivity index (χ3n) is 10.3. The standard InChI is InChI=1S/C29H39N3O6/c1-27-9-5-20(32-38-17-25(36)31-15-18-7-11-30-12-8-18)13-19(27)3-4-21-22-6-10-29(37,24(35)16-33)28(22,2)14-23(34)26(21)27/h7-8,11-13,21-23,26,33-34,37H,3-6,9-10,14-17H2,1-2H3,(H,31,36)/t21-,22-,23-,26-,27+,28-,29+/m1/s1. The van der Waals surface area contributed by atoms with Crippen LogP contribution in [-0.4, -0.2) is 62.6 Å². The Hall–Kier alpha value is -2.62. The molecule has 3 saturated carbocycles. The Morgan fingerprint density at radius 2 is 1.95 bits per heavy atom. The normalized spacial score (nSPS) is 39.0. The molecule has 0 saturated heterocycles. The van der Waals surface area contributed by atoms with Crippen LogP contribution in [0.25, 0.3) is 0 Å². The molecule has 206 valence electrons. The van der Waals surface area contributed by atoms with Gasteiger partial charge < -0.3 is 25.5 Å². The smallest absolute Gasteiger partial charge is 0.261 e. The minimum atomic E-state index is -1.58. The summed E-state index contributed by atoms with van der Waals surface area (Å²) in [5, 5.41) is 39.4. The van der Waals surface area contributed by atoms with E-state index < -0.39 is 29.5 Å². The van der Waals surface area contributed by atoms with Gasteiger partial charge in [-0.05, 0) is 91.9 Å². The molecule has 0 aliphatic heterocycles. The van der Waals surface area contributed by atoms with Gasteiger partial charge in [0.15, 0.2) is 12.4 Å². The van der Waals surface area contributed by atoms with Crippen LogP contribution in [0.4, 0.5) is 0 Å². The zero-order chi connectivity index (χ0) is 27.1. The van der Waals surface area contributed by atoms with Crippen LogP contribution in [0.1, 0.15) is 64.4 Å². The summed E-state index contributed by atoms with van der Waals surface area (Å²) < 4.78 is 0. The number of oxime groups is 1. The summed E-state index contributed by atoms with van der Waals surface area (Å²) in [4.78, 5) is 34.1. The fourth-order valence-corrected chi connectivity index (χ4v) is 8.29. The van der Waals surface area contributed by atoms with Crippen LogP contribution in [0.5, 0.6) is 0 Å². The number of Topliss-reactive ketones (excluding diaryl/α,β-unsaturated/α-hetero) is 1. The van der Waals surface area contributed by atoms with Crippen molar-refractivity contribution in [2.24, 2.45) is 33.7 Å². The van der Waals surface area contributed by atoms with Gasteiger partial charge in [0.05, 0.1) is 11.8 Å². The second-order valence-corrected chi connectivity index (χ2v) is 12.1. The molecule has 1 aromatic heterocycles. The highest BCUT2D eigenvalue weighted by Gasteiger charge is 2.68.